The Morgan fingerprint density at radius 3 is 2.61 bits per heavy atom. The van der Waals surface area contributed by atoms with Gasteiger partial charge in [-0.1, -0.05) is 12.5 Å². The Bertz CT molecular complexity index is 1160. The number of hydrogen-bond acceptors (Lipinski definition) is 5. The third kappa shape index (κ3) is 4.64. The Kier molecular flexibility index (Phi) is 6.10. The van der Waals surface area contributed by atoms with E-state index in [0.29, 0.717) is 18.9 Å². The standard InChI is InChI=1S/C21H22FN5O3S/c22-18-6-5-17(12-19(18)31(29,30)27-9-2-1-3-10-27)21(28)25-14-16-4-7-20(24-13-16)26-11-8-23-15-26/h4-8,11-13,15H,1-3,9-10,14H2,(H,25,28). The van der Waals surface area contributed by atoms with Crippen molar-refractivity contribution in [3.8, 4) is 5.82 Å². The summed E-state index contributed by atoms with van der Waals surface area (Å²) in [6.07, 6.45) is 9.13. The highest BCUT2D eigenvalue weighted by Crippen LogP contribution is 2.24. The summed E-state index contributed by atoms with van der Waals surface area (Å²) in [7, 11) is -3.98. The van der Waals surface area contributed by atoms with Crippen molar-refractivity contribution in [2.75, 3.05) is 13.1 Å². The largest absolute Gasteiger partial charge is 0.348 e. The van der Waals surface area contributed by atoms with Gasteiger partial charge in [0.25, 0.3) is 5.91 Å². The molecule has 1 aliphatic heterocycles. The number of carbonyl (C=O) groups is 1. The van der Waals surface area contributed by atoms with Crippen LogP contribution >= 0.6 is 0 Å². The highest BCUT2D eigenvalue weighted by molar-refractivity contribution is 7.89. The average molecular weight is 444 g/mol. The summed E-state index contributed by atoms with van der Waals surface area (Å²) in [6.45, 7) is 0.919. The van der Waals surface area contributed by atoms with Crippen LogP contribution in [0.25, 0.3) is 5.82 Å². The van der Waals surface area contributed by atoms with Gasteiger partial charge in [0.15, 0.2) is 0 Å². The molecule has 0 saturated carbocycles. The van der Waals surface area contributed by atoms with Gasteiger partial charge in [0.1, 0.15) is 22.9 Å². The molecule has 1 aliphatic rings. The monoisotopic (exact) mass is 443 g/mol. The van der Waals surface area contributed by atoms with Crippen molar-refractivity contribution in [3.05, 3.63) is 72.2 Å². The van der Waals surface area contributed by atoms with Gasteiger partial charge in [0.05, 0.1) is 0 Å². The molecule has 0 atom stereocenters. The van der Waals surface area contributed by atoms with E-state index in [1.807, 2.05) is 6.07 Å². The molecule has 4 rings (SSSR count). The quantitative estimate of drug-likeness (QED) is 0.631. The molecule has 0 aliphatic carbocycles. The summed E-state index contributed by atoms with van der Waals surface area (Å²) in [5.41, 5.74) is 0.848. The van der Waals surface area contributed by atoms with Crippen LogP contribution in [-0.4, -0.2) is 46.3 Å². The van der Waals surface area contributed by atoms with E-state index in [1.54, 1.807) is 35.6 Å². The first kappa shape index (κ1) is 21.1. The average Bonchev–Trinajstić information content (AvgIpc) is 3.33. The van der Waals surface area contributed by atoms with Crippen molar-refractivity contribution >= 4 is 15.9 Å². The maximum Gasteiger partial charge on any atom is 0.251 e. The minimum Gasteiger partial charge on any atom is -0.348 e. The molecule has 0 spiro atoms. The van der Waals surface area contributed by atoms with Gasteiger partial charge in [0.2, 0.25) is 10.0 Å². The van der Waals surface area contributed by atoms with Crippen LogP contribution in [0.15, 0.2) is 60.1 Å². The Balaban J connectivity index is 1.46. The number of sulfonamides is 1. The summed E-state index contributed by atoms with van der Waals surface area (Å²) in [6, 6.07) is 7.02. The van der Waals surface area contributed by atoms with Crippen LogP contribution in [0.5, 0.6) is 0 Å². The van der Waals surface area contributed by atoms with Gasteiger partial charge >= 0.3 is 0 Å². The maximum atomic E-state index is 14.3. The van der Waals surface area contributed by atoms with Crippen molar-refractivity contribution in [3.63, 3.8) is 0 Å². The first-order valence-electron chi connectivity index (χ1n) is 9.96. The lowest BCUT2D eigenvalue weighted by Crippen LogP contribution is -2.36. The molecule has 1 fully saturated rings. The zero-order chi connectivity index (χ0) is 21.8. The summed E-state index contributed by atoms with van der Waals surface area (Å²) < 4.78 is 43.0. The van der Waals surface area contributed by atoms with E-state index in [-0.39, 0.29) is 12.1 Å². The van der Waals surface area contributed by atoms with Gasteiger partial charge in [-0.05, 0) is 42.7 Å². The molecule has 8 nitrogen and oxygen atoms in total. The minimum atomic E-state index is -3.98. The number of benzene rings is 1. The Morgan fingerprint density at radius 2 is 1.94 bits per heavy atom. The third-order valence-electron chi connectivity index (χ3n) is 5.16. The fourth-order valence-electron chi connectivity index (χ4n) is 3.44. The van der Waals surface area contributed by atoms with Crippen LogP contribution in [0.2, 0.25) is 0 Å². The topological polar surface area (TPSA) is 97.2 Å². The van der Waals surface area contributed by atoms with Crippen molar-refractivity contribution < 1.29 is 17.6 Å². The highest BCUT2D eigenvalue weighted by atomic mass is 32.2. The van der Waals surface area contributed by atoms with Crippen LogP contribution in [0, 0.1) is 5.82 Å². The van der Waals surface area contributed by atoms with Gasteiger partial charge in [-0.2, -0.15) is 4.31 Å². The maximum absolute atomic E-state index is 14.3. The Morgan fingerprint density at radius 1 is 1.13 bits per heavy atom. The molecule has 2 aromatic heterocycles. The molecule has 1 aromatic carbocycles. The van der Waals surface area contributed by atoms with E-state index in [0.717, 1.165) is 37.0 Å². The first-order chi connectivity index (χ1) is 14.9. The van der Waals surface area contributed by atoms with Gasteiger partial charge in [-0.3, -0.25) is 9.36 Å². The van der Waals surface area contributed by atoms with Gasteiger partial charge < -0.3 is 5.32 Å². The van der Waals surface area contributed by atoms with Crippen molar-refractivity contribution in [2.45, 2.75) is 30.7 Å². The normalized spacial score (nSPS) is 15.0. The second kappa shape index (κ2) is 8.94. The van der Waals surface area contributed by atoms with Crippen molar-refractivity contribution in [1.82, 2.24) is 24.2 Å². The second-order valence-electron chi connectivity index (χ2n) is 7.29. The van der Waals surface area contributed by atoms with Crippen molar-refractivity contribution in [1.29, 1.82) is 0 Å². The van der Waals surface area contributed by atoms with E-state index in [2.05, 4.69) is 15.3 Å². The molecule has 3 aromatic rings. The van der Waals surface area contributed by atoms with E-state index < -0.39 is 26.6 Å². The molecule has 3 heterocycles. The number of piperidine rings is 1. The first-order valence-corrected chi connectivity index (χ1v) is 11.4. The number of halogens is 1. The van der Waals surface area contributed by atoms with Crippen LogP contribution in [0.1, 0.15) is 35.2 Å². The van der Waals surface area contributed by atoms with Crippen molar-refractivity contribution in [2.24, 2.45) is 0 Å². The Hall–Kier alpha value is -3.11. The van der Waals surface area contributed by atoms with Gasteiger partial charge in [0, 0.05) is 43.8 Å². The number of imidazole rings is 1. The highest BCUT2D eigenvalue weighted by Gasteiger charge is 2.29. The fraction of sp³-hybridized carbons (Fsp3) is 0.286. The summed E-state index contributed by atoms with van der Waals surface area (Å²) >= 11 is 0. The minimum absolute atomic E-state index is 0.0833. The lowest BCUT2D eigenvalue weighted by atomic mass is 10.2. The summed E-state index contributed by atoms with van der Waals surface area (Å²) in [5, 5.41) is 2.72. The second-order valence-corrected chi connectivity index (χ2v) is 9.19. The molecule has 1 amide bonds. The molecule has 0 radical (unpaired) electrons. The molecule has 0 unspecified atom stereocenters. The number of hydrogen-bond donors (Lipinski definition) is 1. The smallest absolute Gasteiger partial charge is 0.251 e. The number of rotatable bonds is 6. The molecule has 0 bridgehead atoms. The molecular formula is C21H22FN5O3S. The van der Waals surface area contributed by atoms with Crippen LogP contribution in [-0.2, 0) is 16.6 Å². The molecular weight excluding hydrogens is 421 g/mol. The zero-order valence-corrected chi connectivity index (χ0v) is 17.6. The van der Waals surface area contributed by atoms with E-state index in [4.69, 9.17) is 0 Å². The number of aromatic nitrogens is 3. The van der Waals surface area contributed by atoms with E-state index in [9.17, 15) is 17.6 Å². The van der Waals surface area contributed by atoms with Crippen LogP contribution < -0.4 is 5.32 Å². The number of nitrogens with one attached hydrogen (secondary N) is 1. The summed E-state index contributed by atoms with van der Waals surface area (Å²) in [5.74, 6) is -0.658. The Labute approximate surface area is 179 Å². The molecule has 31 heavy (non-hydrogen) atoms. The summed E-state index contributed by atoms with van der Waals surface area (Å²) in [4.78, 5) is 20.4. The van der Waals surface area contributed by atoms with E-state index in [1.165, 1.54) is 10.4 Å². The number of amides is 1. The molecule has 1 N–H and O–H groups in total. The number of pyridine rings is 1. The van der Waals surface area contributed by atoms with Crippen LogP contribution in [0.4, 0.5) is 4.39 Å². The van der Waals surface area contributed by atoms with Gasteiger partial charge in [-0.25, -0.2) is 22.8 Å². The lowest BCUT2D eigenvalue weighted by Gasteiger charge is -2.26. The third-order valence-corrected chi connectivity index (χ3v) is 7.07. The SMILES string of the molecule is O=C(NCc1ccc(-n2ccnc2)nc1)c1ccc(F)c(S(=O)(=O)N2CCCCC2)c1. The number of nitrogens with zero attached hydrogens (tertiary/aromatic N) is 4. The van der Waals surface area contributed by atoms with E-state index >= 15 is 0 Å². The van der Waals surface area contributed by atoms with Crippen LogP contribution in [0.3, 0.4) is 0 Å². The fourth-order valence-corrected chi connectivity index (χ4v) is 5.05. The zero-order valence-electron chi connectivity index (χ0n) is 16.7. The number of carbonyl (C=O) groups excluding carboxylic acids is 1. The molecule has 162 valence electrons. The molecule has 10 heteroatoms. The van der Waals surface area contributed by atoms with Gasteiger partial charge in [-0.15, -0.1) is 0 Å². The predicted octanol–water partition coefficient (Wildman–Crippen LogP) is 2.51. The predicted molar refractivity (Wildman–Crippen MR) is 112 cm³/mol. The molecule has 1 saturated heterocycles. The lowest BCUT2D eigenvalue weighted by molar-refractivity contribution is 0.0950.